The Morgan fingerprint density at radius 3 is 2.69 bits per heavy atom. The first-order chi connectivity index (χ1) is 12.5. The zero-order chi connectivity index (χ0) is 18.4. The molecule has 0 atom stereocenters. The second-order valence-corrected chi connectivity index (χ2v) is 8.06. The smallest absolute Gasteiger partial charge is 0.158 e. The average molecular weight is 385 g/mol. The van der Waals surface area contributed by atoms with E-state index in [2.05, 4.69) is 31.0 Å². The number of thiophene rings is 1. The van der Waals surface area contributed by atoms with Crippen molar-refractivity contribution in [2.24, 2.45) is 0 Å². The first-order valence-electron chi connectivity index (χ1n) is 8.95. The quantitative estimate of drug-likeness (QED) is 0.422. The highest BCUT2D eigenvalue weighted by molar-refractivity contribution is 7.23. The van der Waals surface area contributed by atoms with Crippen LogP contribution in [0.25, 0.3) is 26.4 Å². The summed E-state index contributed by atoms with van der Waals surface area (Å²) in [5.41, 5.74) is 5.97. The predicted octanol–water partition coefficient (Wildman–Crippen LogP) is 6.18. The number of pyridine rings is 1. The molecule has 0 aliphatic rings. The van der Waals surface area contributed by atoms with E-state index in [1.165, 1.54) is 5.56 Å². The number of nitrogens with zero attached hydrogens (tertiary/aromatic N) is 4. The summed E-state index contributed by atoms with van der Waals surface area (Å²) < 4.78 is 3.06. The Labute approximate surface area is 161 Å². The fourth-order valence-corrected chi connectivity index (χ4v) is 5.17. The first kappa shape index (κ1) is 17.4. The maximum atomic E-state index is 6.70. The number of aryl methyl sites for hydroxylation is 2. The van der Waals surface area contributed by atoms with Crippen LogP contribution in [0.3, 0.4) is 0 Å². The molecule has 0 fully saturated rings. The van der Waals surface area contributed by atoms with Crippen LogP contribution in [0.15, 0.2) is 24.4 Å². The molecular formula is C20H21ClN4S. The Balaban J connectivity index is 2.04. The van der Waals surface area contributed by atoms with Crippen molar-refractivity contribution in [3.63, 3.8) is 0 Å². The van der Waals surface area contributed by atoms with Crippen LogP contribution in [0, 0.1) is 13.8 Å². The van der Waals surface area contributed by atoms with Gasteiger partial charge in [-0.05, 0) is 50.8 Å². The summed E-state index contributed by atoms with van der Waals surface area (Å²) in [5.74, 6) is 0.480. The average Bonchev–Trinajstić information content (AvgIpc) is 3.13. The molecule has 4 rings (SSSR count). The van der Waals surface area contributed by atoms with Crippen LogP contribution in [-0.4, -0.2) is 19.6 Å². The van der Waals surface area contributed by atoms with E-state index in [0.29, 0.717) is 10.9 Å². The molecule has 6 heteroatoms. The van der Waals surface area contributed by atoms with Crippen molar-refractivity contribution in [3.05, 3.63) is 46.4 Å². The van der Waals surface area contributed by atoms with E-state index < -0.39 is 0 Å². The maximum Gasteiger partial charge on any atom is 0.158 e. The largest absolute Gasteiger partial charge is 0.254 e. The summed E-state index contributed by atoms with van der Waals surface area (Å²) >= 11 is 8.34. The second-order valence-electron chi connectivity index (χ2n) is 6.63. The molecule has 0 saturated carbocycles. The van der Waals surface area contributed by atoms with Crippen LogP contribution in [0.4, 0.5) is 0 Å². The molecule has 26 heavy (non-hydrogen) atoms. The molecule has 0 aliphatic carbocycles. The van der Waals surface area contributed by atoms with Crippen molar-refractivity contribution in [1.29, 1.82) is 0 Å². The van der Waals surface area contributed by atoms with Crippen molar-refractivity contribution in [2.75, 3.05) is 0 Å². The molecule has 0 saturated heterocycles. The van der Waals surface area contributed by atoms with Gasteiger partial charge in [-0.1, -0.05) is 25.4 Å². The minimum absolute atomic E-state index is 0.480. The molecule has 0 aromatic carbocycles. The molecule has 0 amide bonds. The molecule has 4 nitrogen and oxygen atoms in total. The summed E-state index contributed by atoms with van der Waals surface area (Å²) in [6.07, 6.45) is 3.95. The summed E-state index contributed by atoms with van der Waals surface area (Å²) in [6.45, 7) is 8.53. The van der Waals surface area contributed by atoms with Gasteiger partial charge in [-0.15, -0.1) is 11.3 Å². The van der Waals surface area contributed by atoms with Gasteiger partial charge in [0.1, 0.15) is 11.2 Å². The summed E-state index contributed by atoms with van der Waals surface area (Å²) in [5, 5.41) is 5.46. The molecule has 4 aromatic rings. The van der Waals surface area contributed by atoms with E-state index in [4.69, 9.17) is 21.7 Å². The number of aromatic nitrogens is 4. The fraction of sp³-hybridized carbons (Fsp3) is 0.350. The Kier molecular flexibility index (Phi) is 4.45. The highest BCUT2D eigenvalue weighted by atomic mass is 35.5. The molecular weight excluding hydrogens is 364 g/mol. The molecule has 0 unspecified atom stereocenters. The van der Waals surface area contributed by atoms with Crippen LogP contribution in [0.5, 0.6) is 0 Å². The molecule has 4 heterocycles. The first-order valence-corrected chi connectivity index (χ1v) is 10.1. The number of hydrogen-bond donors (Lipinski definition) is 0. The van der Waals surface area contributed by atoms with Crippen molar-refractivity contribution in [1.82, 2.24) is 19.6 Å². The Morgan fingerprint density at radius 1 is 1.23 bits per heavy atom. The van der Waals surface area contributed by atoms with E-state index in [9.17, 15) is 0 Å². The molecule has 4 aromatic heterocycles. The van der Waals surface area contributed by atoms with Crippen molar-refractivity contribution < 1.29 is 0 Å². The monoisotopic (exact) mass is 384 g/mol. The standard InChI is InChI=1S/C20H21ClN4S/c1-5-13(6-2)14-10-11(3)24-25-18(12(4)23-20(14)25)19-16(21)17-15(26-19)8-7-9-22-17/h7-10,13H,5-6H2,1-4H3. The number of imidazole rings is 1. The van der Waals surface area contributed by atoms with Crippen molar-refractivity contribution in [3.8, 4) is 10.6 Å². The second kappa shape index (κ2) is 6.63. The molecule has 0 aliphatic heterocycles. The van der Waals surface area contributed by atoms with Crippen molar-refractivity contribution in [2.45, 2.75) is 46.5 Å². The lowest BCUT2D eigenvalue weighted by Crippen LogP contribution is -2.04. The summed E-state index contributed by atoms with van der Waals surface area (Å²) in [4.78, 5) is 10.3. The van der Waals surface area contributed by atoms with E-state index >= 15 is 0 Å². The minimum Gasteiger partial charge on any atom is -0.254 e. The van der Waals surface area contributed by atoms with Crippen LogP contribution in [0.1, 0.15) is 49.6 Å². The van der Waals surface area contributed by atoms with Crippen LogP contribution < -0.4 is 0 Å². The van der Waals surface area contributed by atoms with E-state index in [1.54, 1.807) is 17.5 Å². The van der Waals surface area contributed by atoms with Gasteiger partial charge < -0.3 is 0 Å². The number of fused-ring (bicyclic) bond motifs is 2. The van der Waals surface area contributed by atoms with Crippen LogP contribution >= 0.6 is 22.9 Å². The van der Waals surface area contributed by atoms with Gasteiger partial charge in [0.05, 0.1) is 26.0 Å². The van der Waals surface area contributed by atoms with Gasteiger partial charge in [0.2, 0.25) is 0 Å². The van der Waals surface area contributed by atoms with Gasteiger partial charge in [0.15, 0.2) is 5.65 Å². The topological polar surface area (TPSA) is 43.1 Å². The molecule has 0 N–H and O–H groups in total. The van der Waals surface area contributed by atoms with Crippen LogP contribution in [0.2, 0.25) is 5.02 Å². The summed E-state index contributed by atoms with van der Waals surface area (Å²) in [6, 6.07) is 6.17. The van der Waals surface area contributed by atoms with Crippen molar-refractivity contribution >= 4 is 38.8 Å². The third-order valence-corrected chi connectivity index (χ3v) is 6.57. The van der Waals surface area contributed by atoms with E-state index in [0.717, 1.165) is 50.7 Å². The third kappa shape index (κ3) is 2.61. The van der Waals surface area contributed by atoms with Gasteiger partial charge in [-0.25, -0.2) is 9.50 Å². The normalized spacial score (nSPS) is 11.9. The lowest BCUT2D eigenvalue weighted by Gasteiger charge is -2.14. The predicted molar refractivity (Wildman–Crippen MR) is 109 cm³/mol. The van der Waals surface area contributed by atoms with E-state index in [-0.39, 0.29) is 0 Å². The number of halogens is 1. The number of rotatable bonds is 4. The van der Waals surface area contributed by atoms with Gasteiger partial charge in [0.25, 0.3) is 0 Å². The lowest BCUT2D eigenvalue weighted by atomic mass is 9.95. The van der Waals surface area contributed by atoms with E-state index in [1.807, 2.05) is 24.4 Å². The zero-order valence-corrected chi connectivity index (χ0v) is 16.9. The highest BCUT2D eigenvalue weighted by Crippen LogP contribution is 2.42. The highest BCUT2D eigenvalue weighted by Gasteiger charge is 2.23. The Bertz CT molecular complexity index is 1110. The minimum atomic E-state index is 0.480. The lowest BCUT2D eigenvalue weighted by molar-refractivity contribution is 0.638. The molecule has 134 valence electrons. The third-order valence-electron chi connectivity index (χ3n) is 4.94. The SMILES string of the molecule is CCC(CC)c1cc(C)nn2c(-c3sc4cccnc4c3Cl)c(C)nc12. The Hall–Kier alpha value is -1.98. The van der Waals surface area contributed by atoms with Gasteiger partial charge >= 0.3 is 0 Å². The van der Waals surface area contributed by atoms with Gasteiger partial charge in [-0.2, -0.15) is 5.10 Å². The summed E-state index contributed by atoms with van der Waals surface area (Å²) in [7, 11) is 0. The zero-order valence-electron chi connectivity index (χ0n) is 15.4. The maximum absolute atomic E-state index is 6.70. The number of hydrogen-bond acceptors (Lipinski definition) is 4. The van der Waals surface area contributed by atoms with Gasteiger partial charge in [0, 0.05) is 11.8 Å². The molecule has 0 bridgehead atoms. The fourth-order valence-electron chi connectivity index (χ4n) is 3.62. The molecule has 0 spiro atoms. The molecule has 0 radical (unpaired) electrons. The van der Waals surface area contributed by atoms with Gasteiger partial charge in [-0.3, -0.25) is 4.98 Å². The Morgan fingerprint density at radius 2 is 2.00 bits per heavy atom. The van der Waals surface area contributed by atoms with Crippen LogP contribution in [-0.2, 0) is 0 Å².